The van der Waals surface area contributed by atoms with E-state index < -0.39 is 0 Å². The zero-order chi connectivity index (χ0) is 25.1. The molecule has 2 aromatic carbocycles. The molecule has 0 N–H and O–H groups in total. The van der Waals surface area contributed by atoms with Crippen LogP contribution in [0.4, 0.5) is 0 Å². The molecule has 5 rings (SSSR count). The number of imidazole rings is 2. The molecular formula is C29H32N6O. The van der Waals surface area contributed by atoms with E-state index in [1.54, 1.807) is 7.11 Å². The van der Waals surface area contributed by atoms with Crippen LogP contribution < -0.4 is 4.74 Å². The zero-order valence-electron chi connectivity index (χ0n) is 21.1. The molecule has 0 saturated heterocycles. The Labute approximate surface area is 212 Å². The molecule has 0 saturated carbocycles. The van der Waals surface area contributed by atoms with Crippen LogP contribution in [0.2, 0.25) is 0 Å². The van der Waals surface area contributed by atoms with Gasteiger partial charge < -0.3 is 13.9 Å². The van der Waals surface area contributed by atoms with E-state index >= 15 is 0 Å². The van der Waals surface area contributed by atoms with Crippen molar-refractivity contribution < 1.29 is 4.74 Å². The normalized spacial score (nSPS) is 16.3. The average Bonchev–Trinajstić information content (AvgIpc) is 3.55. The Bertz CT molecular complexity index is 1360. The lowest BCUT2D eigenvalue weighted by atomic mass is 9.95. The van der Waals surface area contributed by atoms with Crippen molar-refractivity contribution in [2.24, 2.45) is 5.92 Å². The van der Waals surface area contributed by atoms with Gasteiger partial charge in [0.15, 0.2) is 0 Å². The van der Waals surface area contributed by atoms with Crippen molar-refractivity contribution in [1.29, 1.82) is 5.26 Å². The van der Waals surface area contributed by atoms with Crippen LogP contribution in [0.5, 0.6) is 5.75 Å². The van der Waals surface area contributed by atoms with Gasteiger partial charge in [0.25, 0.3) is 0 Å². The quantitative estimate of drug-likeness (QED) is 0.343. The number of aromatic nitrogens is 4. The lowest BCUT2D eigenvalue weighted by Gasteiger charge is -2.39. The molecule has 0 spiro atoms. The maximum absolute atomic E-state index is 9.08. The van der Waals surface area contributed by atoms with Crippen molar-refractivity contribution in [3.63, 3.8) is 0 Å². The summed E-state index contributed by atoms with van der Waals surface area (Å²) in [5, 5.41) is 9.08. The second kappa shape index (κ2) is 10.4. The Morgan fingerprint density at radius 1 is 1.11 bits per heavy atom. The molecule has 1 aliphatic rings. The second-order valence-corrected chi connectivity index (χ2v) is 9.50. The van der Waals surface area contributed by atoms with E-state index in [0.717, 1.165) is 61.0 Å². The fourth-order valence-electron chi connectivity index (χ4n) is 5.10. The maximum atomic E-state index is 9.08. The minimum atomic E-state index is 0.213. The van der Waals surface area contributed by atoms with Crippen LogP contribution in [0.3, 0.4) is 0 Å². The molecule has 184 valence electrons. The number of hydrogen-bond acceptors (Lipinski definition) is 5. The average molecular weight is 481 g/mol. The Hall–Kier alpha value is -3.89. The highest BCUT2D eigenvalue weighted by molar-refractivity contribution is 5.66. The van der Waals surface area contributed by atoms with Crippen molar-refractivity contribution in [1.82, 2.24) is 24.0 Å². The largest absolute Gasteiger partial charge is 0.496 e. The van der Waals surface area contributed by atoms with Gasteiger partial charge in [-0.05, 0) is 35.7 Å². The third-order valence-electron chi connectivity index (χ3n) is 7.26. The van der Waals surface area contributed by atoms with Crippen LogP contribution in [0.15, 0.2) is 67.3 Å². The maximum Gasteiger partial charge on any atom is 0.128 e. The van der Waals surface area contributed by atoms with Crippen LogP contribution in [-0.2, 0) is 19.6 Å². The van der Waals surface area contributed by atoms with Gasteiger partial charge in [0, 0.05) is 44.1 Å². The summed E-state index contributed by atoms with van der Waals surface area (Å²) in [4.78, 5) is 12.2. The SMILES string of the molecule is CCC(C)[C@H]1c2nc(-c3ccccc3OC)cn2CCN1Cc1cncn1Cc1ccc(C#N)cc1. The van der Waals surface area contributed by atoms with E-state index in [0.29, 0.717) is 11.5 Å². The summed E-state index contributed by atoms with van der Waals surface area (Å²) in [6.07, 6.45) is 7.12. The molecule has 0 amide bonds. The van der Waals surface area contributed by atoms with Crippen molar-refractivity contribution in [3.8, 4) is 23.1 Å². The molecule has 36 heavy (non-hydrogen) atoms. The number of rotatable bonds is 8. The fraction of sp³-hybridized carbons (Fsp3) is 0.345. The molecule has 0 fully saturated rings. The van der Waals surface area contributed by atoms with E-state index in [2.05, 4.69) is 51.2 Å². The zero-order valence-corrected chi connectivity index (χ0v) is 21.1. The number of ether oxygens (including phenoxy) is 1. The summed E-state index contributed by atoms with van der Waals surface area (Å²) in [6.45, 7) is 7.96. The Kier molecular flexibility index (Phi) is 6.88. The van der Waals surface area contributed by atoms with Crippen molar-refractivity contribution in [2.45, 2.75) is 45.9 Å². The fourth-order valence-corrected chi connectivity index (χ4v) is 5.10. The molecule has 1 aliphatic heterocycles. The first-order valence-corrected chi connectivity index (χ1v) is 12.5. The van der Waals surface area contributed by atoms with E-state index in [1.165, 1.54) is 5.69 Å². The summed E-state index contributed by atoms with van der Waals surface area (Å²) < 4.78 is 10.1. The molecular weight excluding hydrogens is 448 g/mol. The molecule has 7 heteroatoms. The number of nitrogens with zero attached hydrogens (tertiary/aromatic N) is 6. The predicted octanol–water partition coefficient (Wildman–Crippen LogP) is 5.28. The lowest BCUT2D eigenvalue weighted by molar-refractivity contribution is 0.0967. The van der Waals surface area contributed by atoms with Gasteiger partial charge >= 0.3 is 0 Å². The Balaban J connectivity index is 1.42. The topological polar surface area (TPSA) is 71.9 Å². The van der Waals surface area contributed by atoms with Gasteiger partial charge in [-0.3, -0.25) is 4.90 Å². The van der Waals surface area contributed by atoms with E-state index in [4.69, 9.17) is 15.0 Å². The van der Waals surface area contributed by atoms with Gasteiger partial charge in [-0.25, -0.2) is 9.97 Å². The standard InChI is InChI=1S/C29H32N6O/c1-4-21(2)28-29-32-26(25-7-5-6-8-27(25)36-3)19-34(29)14-13-33(28)18-24-16-31-20-35(24)17-23-11-9-22(15-30)10-12-23/h5-12,16,19-21,28H,4,13-14,17-18H2,1-3H3/t21?,28-/m0/s1. The Morgan fingerprint density at radius 3 is 2.67 bits per heavy atom. The summed E-state index contributed by atoms with van der Waals surface area (Å²) >= 11 is 0. The van der Waals surface area contributed by atoms with Gasteiger partial charge in [0.1, 0.15) is 11.6 Å². The smallest absolute Gasteiger partial charge is 0.128 e. The predicted molar refractivity (Wildman–Crippen MR) is 139 cm³/mol. The minimum Gasteiger partial charge on any atom is -0.496 e. The monoisotopic (exact) mass is 480 g/mol. The molecule has 0 radical (unpaired) electrons. The number of fused-ring (bicyclic) bond motifs is 1. The first-order valence-electron chi connectivity index (χ1n) is 12.5. The van der Waals surface area contributed by atoms with Crippen molar-refractivity contribution in [2.75, 3.05) is 13.7 Å². The Morgan fingerprint density at radius 2 is 1.92 bits per heavy atom. The van der Waals surface area contributed by atoms with Crippen LogP contribution >= 0.6 is 0 Å². The highest BCUT2D eigenvalue weighted by atomic mass is 16.5. The highest BCUT2D eigenvalue weighted by Crippen LogP contribution is 2.37. The molecule has 2 aromatic heterocycles. The van der Waals surface area contributed by atoms with Crippen LogP contribution in [-0.4, -0.2) is 37.7 Å². The summed E-state index contributed by atoms with van der Waals surface area (Å²) in [7, 11) is 1.71. The van der Waals surface area contributed by atoms with Crippen molar-refractivity contribution in [3.05, 3.63) is 89.9 Å². The number of methoxy groups -OCH3 is 1. The number of benzene rings is 2. The molecule has 1 unspecified atom stereocenters. The number of para-hydroxylation sites is 1. The minimum absolute atomic E-state index is 0.213. The van der Waals surface area contributed by atoms with Crippen LogP contribution in [0.1, 0.15) is 49.0 Å². The van der Waals surface area contributed by atoms with Crippen LogP contribution in [0.25, 0.3) is 11.3 Å². The summed E-state index contributed by atoms with van der Waals surface area (Å²) in [5.41, 5.74) is 5.00. The highest BCUT2D eigenvalue weighted by Gasteiger charge is 2.34. The summed E-state index contributed by atoms with van der Waals surface area (Å²) in [6, 6.07) is 18.3. The van der Waals surface area contributed by atoms with E-state index in [-0.39, 0.29) is 6.04 Å². The lowest BCUT2D eigenvalue weighted by Crippen LogP contribution is -2.41. The van der Waals surface area contributed by atoms with E-state index in [9.17, 15) is 0 Å². The van der Waals surface area contributed by atoms with Gasteiger partial charge in [0.05, 0.1) is 42.5 Å². The molecule has 2 atom stereocenters. The first-order chi connectivity index (χ1) is 17.6. The van der Waals surface area contributed by atoms with Gasteiger partial charge in [0.2, 0.25) is 0 Å². The van der Waals surface area contributed by atoms with Gasteiger partial charge in [-0.1, -0.05) is 44.5 Å². The third kappa shape index (κ3) is 4.65. The van der Waals surface area contributed by atoms with Crippen LogP contribution in [0, 0.1) is 17.2 Å². The molecule has 0 bridgehead atoms. The number of hydrogen-bond donors (Lipinski definition) is 0. The third-order valence-corrected chi connectivity index (χ3v) is 7.26. The molecule has 4 aromatic rings. The molecule has 3 heterocycles. The van der Waals surface area contributed by atoms with Gasteiger partial charge in [-0.15, -0.1) is 0 Å². The number of nitriles is 1. The molecule has 7 nitrogen and oxygen atoms in total. The van der Waals surface area contributed by atoms with Gasteiger partial charge in [-0.2, -0.15) is 5.26 Å². The second-order valence-electron chi connectivity index (χ2n) is 9.50. The van der Waals surface area contributed by atoms with Crippen molar-refractivity contribution >= 4 is 0 Å². The summed E-state index contributed by atoms with van der Waals surface area (Å²) in [5.74, 6) is 2.41. The molecule has 0 aliphatic carbocycles. The van der Waals surface area contributed by atoms with E-state index in [1.807, 2.05) is 55.0 Å². The first kappa shape index (κ1) is 23.8.